The van der Waals surface area contributed by atoms with Crippen LogP contribution < -0.4 is 10.1 Å². The molecule has 1 aromatic carbocycles. The van der Waals surface area contributed by atoms with E-state index < -0.39 is 0 Å². The molecule has 0 spiro atoms. The largest absolute Gasteiger partial charge is 0.497 e. The molecule has 0 saturated carbocycles. The van der Waals surface area contributed by atoms with Crippen molar-refractivity contribution in [3.8, 4) is 11.4 Å². The van der Waals surface area contributed by atoms with Gasteiger partial charge in [0.25, 0.3) is 5.91 Å². The van der Waals surface area contributed by atoms with E-state index in [2.05, 4.69) is 15.6 Å². The normalized spacial score (nSPS) is 21.8. The summed E-state index contributed by atoms with van der Waals surface area (Å²) in [6, 6.07) is 7.55. The van der Waals surface area contributed by atoms with E-state index in [1.54, 1.807) is 11.8 Å². The molecule has 2 saturated heterocycles. The molecule has 3 heterocycles. The first-order chi connectivity index (χ1) is 12.2. The highest BCUT2D eigenvalue weighted by Crippen LogP contribution is 2.22. The molecule has 0 aliphatic carbocycles. The maximum atomic E-state index is 13.0. The van der Waals surface area contributed by atoms with Gasteiger partial charge in [-0.2, -0.15) is 0 Å². The van der Waals surface area contributed by atoms with E-state index in [4.69, 9.17) is 9.47 Å². The SMILES string of the molecule is COc1ccc(-n2nnc(C(=O)N3CCO[C@H]4CNC[C@H]43)c2C)cc1.Cl. The minimum absolute atomic E-state index is 0. The highest BCUT2D eigenvalue weighted by atomic mass is 35.5. The second-order valence-electron chi connectivity index (χ2n) is 6.27. The average molecular weight is 380 g/mol. The fourth-order valence-electron chi connectivity index (χ4n) is 3.47. The summed E-state index contributed by atoms with van der Waals surface area (Å²) in [5.74, 6) is 0.685. The monoisotopic (exact) mass is 379 g/mol. The summed E-state index contributed by atoms with van der Waals surface area (Å²) in [6.07, 6.45) is 0.0645. The predicted octanol–water partition coefficient (Wildman–Crippen LogP) is 0.819. The number of hydrogen-bond acceptors (Lipinski definition) is 6. The lowest BCUT2D eigenvalue weighted by Gasteiger charge is -2.36. The summed E-state index contributed by atoms with van der Waals surface area (Å²) in [6.45, 7) is 4.53. The molecule has 140 valence electrons. The molecule has 0 unspecified atom stereocenters. The zero-order valence-corrected chi connectivity index (χ0v) is 15.5. The number of rotatable bonds is 3. The minimum atomic E-state index is -0.0840. The lowest BCUT2D eigenvalue weighted by atomic mass is 10.1. The first kappa shape index (κ1) is 18.6. The van der Waals surface area contributed by atoms with Gasteiger partial charge in [-0.3, -0.25) is 4.79 Å². The van der Waals surface area contributed by atoms with Crippen LogP contribution in [-0.4, -0.2) is 71.3 Å². The van der Waals surface area contributed by atoms with Gasteiger partial charge in [-0.15, -0.1) is 17.5 Å². The van der Waals surface area contributed by atoms with Gasteiger partial charge in [0.1, 0.15) is 5.75 Å². The van der Waals surface area contributed by atoms with Crippen LogP contribution in [0.3, 0.4) is 0 Å². The van der Waals surface area contributed by atoms with Crippen LogP contribution in [0.1, 0.15) is 16.2 Å². The summed E-state index contributed by atoms with van der Waals surface area (Å²) in [5.41, 5.74) is 1.96. The highest BCUT2D eigenvalue weighted by Gasteiger charge is 2.39. The van der Waals surface area contributed by atoms with Crippen LogP contribution in [0, 0.1) is 6.92 Å². The molecule has 2 aromatic rings. The van der Waals surface area contributed by atoms with Crippen molar-refractivity contribution >= 4 is 18.3 Å². The molecule has 2 fully saturated rings. The Bertz CT molecular complexity index is 779. The predicted molar refractivity (Wildman–Crippen MR) is 97.3 cm³/mol. The Labute approximate surface area is 157 Å². The van der Waals surface area contributed by atoms with E-state index in [0.717, 1.165) is 30.2 Å². The van der Waals surface area contributed by atoms with Gasteiger partial charge < -0.3 is 19.7 Å². The number of methoxy groups -OCH3 is 1. The van der Waals surface area contributed by atoms with Crippen molar-refractivity contribution in [3.05, 3.63) is 35.7 Å². The van der Waals surface area contributed by atoms with Crippen LogP contribution in [0.15, 0.2) is 24.3 Å². The van der Waals surface area contributed by atoms with Crippen molar-refractivity contribution in [1.29, 1.82) is 0 Å². The molecular weight excluding hydrogens is 358 g/mol. The molecule has 1 N–H and O–H groups in total. The first-order valence-electron chi connectivity index (χ1n) is 8.39. The van der Waals surface area contributed by atoms with Gasteiger partial charge in [0, 0.05) is 19.6 Å². The maximum Gasteiger partial charge on any atom is 0.276 e. The summed E-state index contributed by atoms with van der Waals surface area (Å²) in [5, 5.41) is 11.6. The van der Waals surface area contributed by atoms with Gasteiger partial charge in [0.05, 0.1) is 37.2 Å². The summed E-state index contributed by atoms with van der Waals surface area (Å²) >= 11 is 0. The third kappa shape index (κ3) is 3.15. The van der Waals surface area contributed by atoms with Gasteiger partial charge in [-0.1, -0.05) is 5.21 Å². The van der Waals surface area contributed by atoms with E-state index in [1.807, 2.05) is 36.1 Å². The molecule has 8 nitrogen and oxygen atoms in total. The smallest absolute Gasteiger partial charge is 0.276 e. The fraction of sp³-hybridized carbons (Fsp3) is 0.471. The molecule has 0 radical (unpaired) electrons. The maximum absolute atomic E-state index is 13.0. The molecule has 1 aromatic heterocycles. The molecule has 0 bridgehead atoms. The zero-order chi connectivity index (χ0) is 17.4. The molecule has 4 rings (SSSR count). The quantitative estimate of drug-likeness (QED) is 0.850. The van der Waals surface area contributed by atoms with Crippen molar-refractivity contribution in [2.24, 2.45) is 0 Å². The van der Waals surface area contributed by atoms with Crippen molar-refractivity contribution in [2.45, 2.75) is 19.1 Å². The number of amides is 1. The topological polar surface area (TPSA) is 81.5 Å². The van der Waals surface area contributed by atoms with Crippen LogP contribution in [0.4, 0.5) is 0 Å². The molecular formula is C17H22ClN5O3. The summed E-state index contributed by atoms with van der Waals surface area (Å²) < 4.78 is 12.6. The fourth-order valence-corrected chi connectivity index (χ4v) is 3.47. The van der Waals surface area contributed by atoms with Crippen molar-refractivity contribution in [1.82, 2.24) is 25.2 Å². The first-order valence-corrected chi connectivity index (χ1v) is 8.39. The Morgan fingerprint density at radius 3 is 2.81 bits per heavy atom. The molecule has 26 heavy (non-hydrogen) atoms. The van der Waals surface area contributed by atoms with Gasteiger partial charge in [-0.05, 0) is 31.2 Å². The Kier molecular flexibility index (Phi) is 5.45. The molecule has 1 amide bonds. The summed E-state index contributed by atoms with van der Waals surface area (Å²) in [4.78, 5) is 14.9. The summed E-state index contributed by atoms with van der Waals surface area (Å²) in [7, 11) is 1.62. The molecule has 2 aliphatic heterocycles. The van der Waals surface area contributed by atoms with Crippen LogP contribution in [0.2, 0.25) is 0 Å². The number of halogens is 1. The van der Waals surface area contributed by atoms with E-state index in [1.165, 1.54) is 0 Å². The standard InChI is InChI=1S/C17H21N5O3.ClH/c1-11-16(17(23)21-7-8-25-15-10-18-9-14(15)21)19-20-22(11)12-3-5-13(24-2)6-4-12;/h3-6,14-15,18H,7-10H2,1-2H3;1H/t14-,15+;/m1./s1. The average Bonchev–Trinajstić information content (AvgIpc) is 3.27. The Hall–Kier alpha value is -2.16. The Balaban J connectivity index is 0.00000196. The van der Waals surface area contributed by atoms with Crippen LogP contribution in [-0.2, 0) is 4.74 Å². The number of morpholine rings is 1. The number of nitrogens with zero attached hydrogens (tertiary/aromatic N) is 4. The van der Waals surface area contributed by atoms with Crippen LogP contribution in [0.25, 0.3) is 5.69 Å². The number of fused-ring (bicyclic) bond motifs is 1. The Morgan fingerprint density at radius 1 is 1.31 bits per heavy atom. The van der Waals surface area contributed by atoms with Gasteiger partial charge in [-0.25, -0.2) is 4.68 Å². The third-order valence-corrected chi connectivity index (χ3v) is 4.87. The van der Waals surface area contributed by atoms with E-state index in [9.17, 15) is 4.79 Å². The second-order valence-corrected chi connectivity index (χ2v) is 6.27. The minimum Gasteiger partial charge on any atom is -0.497 e. The van der Waals surface area contributed by atoms with Crippen molar-refractivity contribution in [2.75, 3.05) is 33.4 Å². The molecule has 2 aliphatic rings. The lowest BCUT2D eigenvalue weighted by Crippen LogP contribution is -2.53. The number of nitrogens with one attached hydrogen (secondary N) is 1. The number of benzene rings is 1. The van der Waals surface area contributed by atoms with Gasteiger partial charge in [0.15, 0.2) is 5.69 Å². The van der Waals surface area contributed by atoms with E-state index >= 15 is 0 Å². The van der Waals surface area contributed by atoms with E-state index in [-0.39, 0.29) is 30.5 Å². The van der Waals surface area contributed by atoms with E-state index in [0.29, 0.717) is 18.8 Å². The third-order valence-electron chi connectivity index (χ3n) is 4.87. The number of carbonyl (C=O) groups is 1. The Morgan fingerprint density at radius 2 is 2.08 bits per heavy atom. The number of aromatic nitrogens is 3. The van der Waals surface area contributed by atoms with Crippen molar-refractivity contribution in [3.63, 3.8) is 0 Å². The number of hydrogen-bond donors (Lipinski definition) is 1. The van der Waals surface area contributed by atoms with Crippen LogP contribution >= 0.6 is 12.4 Å². The highest BCUT2D eigenvalue weighted by molar-refractivity contribution is 5.93. The zero-order valence-electron chi connectivity index (χ0n) is 14.7. The number of carbonyl (C=O) groups excluding carboxylic acids is 1. The lowest BCUT2D eigenvalue weighted by molar-refractivity contribution is -0.0367. The molecule has 9 heteroatoms. The van der Waals surface area contributed by atoms with Gasteiger partial charge >= 0.3 is 0 Å². The van der Waals surface area contributed by atoms with Crippen molar-refractivity contribution < 1.29 is 14.3 Å². The molecule has 2 atom stereocenters. The van der Waals surface area contributed by atoms with Crippen LogP contribution in [0.5, 0.6) is 5.75 Å². The van der Waals surface area contributed by atoms with Gasteiger partial charge in [0.2, 0.25) is 0 Å². The second kappa shape index (κ2) is 7.61. The number of ether oxygens (including phenoxy) is 2.